The van der Waals surface area contributed by atoms with Crippen LogP contribution in [-0.4, -0.2) is 46.3 Å². The standard InChI is InChI=1S/C16H19N5O5S/c1-4-26-11-7-5-6-10(12(11)25-3)8-17-19-13(22)9(2)27-15-14(23)18-16(24)21-20-15/h5-9H,4H2,1-3H3,(H,19,22)(H2,18,21,23,24)/b17-8+. The predicted molar refractivity (Wildman–Crippen MR) is 101 cm³/mol. The molecule has 0 fully saturated rings. The Kier molecular flexibility index (Phi) is 7.17. The summed E-state index contributed by atoms with van der Waals surface area (Å²) in [6, 6.07) is 5.31. The molecule has 0 saturated carbocycles. The van der Waals surface area contributed by atoms with E-state index in [-0.39, 0.29) is 5.03 Å². The van der Waals surface area contributed by atoms with E-state index in [0.717, 1.165) is 11.8 Å². The number of H-pyrrole nitrogens is 2. The van der Waals surface area contributed by atoms with E-state index in [1.54, 1.807) is 25.1 Å². The number of methoxy groups -OCH3 is 1. The number of hydrogen-bond donors (Lipinski definition) is 3. The highest BCUT2D eigenvalue weighted by Gasteiger charge is 2.17. The number of carbonyl (C=O) groups excluding carboxylic acids is 1. The molecule has 0 spiro atoms. The molecular weight excluding hydrogens is 374 g/mol. The number of rotatable bonds is 8. The van der Waals surface area contributed by atoms with Gasteiger partial charge in [-0.3, -0.25) is 14.6 Å². The van der Waals surface area contributed by atoms with Gasteiger partial charge in [-0.1, -0.05) is 17.8 Å². The van der Waals surface area contributed by atoms with Gasteiger partial charge in [-0.2, -0.15) is 10.2 Å². The summed E-state index contributed by atoms with van der Waals surface area (Å²) >= 11 is 0.894. The SMILES string of the molecule is CCOc1cccc(/C=N/NC(=O)C(C)Sc2n[nH]c(=O)[nH]c2=O)c1OC. The van der Waals surface area contributed by atoms with Crippen molar-refractivity contribution in [1.82, 2.24) is 20.6 Å². The lowest BCUT2D eigenvalue weighted by atomic mass is 10.2. The van der Waals surface area contributed by atoms with Crippen LogP contribution in [0.15, 0.2) is 37.9 Å². The lowest BCUT2D eigenvalue weighted by Crippen LogP contribution is -2.30. The van der Waals surface area contributed by atoms with E-state index in [9.17, 15) is 14.4 Å². The van der Waals surface area contributed by atoms with Crippen LogP contribution in [0.3, 0.4) is 0 Å². The fraction of sp³-hybridized carbons (Fsp3) is 0.312. The number of hydrogen-bond acceptors (Lipinski definition) is 8. The van der Waals surface area contributed by atoms with Crippen molar-refractivity contribution in [2.45, 2.75) is 24.1 Å². The maximum Gasteiger partial charge on any atom is 0.342 e. The second kappa shape index (κ2) is 9.57. The van der Waals surface area contributed by atoms with Crippen molar-refractivity contribution in [1.29, 1.82) is 0 Å². The zero-order chi connectivity index (χ0) is 19.8. The maximum absolute atomic E-state index is 12.1. The van der Waals surface area contributed by atoms with Crippen LogP contribution in [0, 0.1) is 0 Å². The van der Waals surface area contributed by atoms with E-state index in [1.807, 2.05) is 11.9 Å². The summed E-state index contributed by atoms with van der Waals surface area (Å²) in [7, 11) is 1.52. The van der Waals surface area contributed by atoms with E-state index in [1.165, 1.54) is 13.3 Å². The second-order valence-electron chi connectivity index (χ2n) is 5.12. The van der Waals surface area contributed by atoms with Crippen molar-refractivity contribution in [2.24, 2.45) is 5.10 Å². The first kappa shape index (κ1) is 20.2. The molecule has 144 valence electrons. The first-order chi connectivity index (χ1) is 13.0. The summed E-state index contributed by atoms with van der Waals surface area (Å²) in [6.45, 7) is 3.93. The number of aromatic amines is 2. The number of aromatic nitrogens is 3. The molecule has 0 saturated heterocycles. The lowest BCUT2D eigenvalue weighted by molar-refractivity contribution is -0.120. The average molecular weight is 393 g/mol. The van der Waals surface area contributed by atoms with Gasteiger partial charge in [-0.05, 0) is 26.0 Å². The van der Waals surface area contributed by atoms with Crippen molar-refractivity contribution < 1.29 is 14.3 Å². The molecule has 2 rings (SSSR count). The Morgan fingerprint density at radius 3 is 2.89 bits per heavy atom. The number of benzene rings is 1. The summed E-state index contributed by atoms with van der Waals surface area (Å²) in [4.78, 5) is 36.7. The van der Waals surface area contributed by atoms with Crippen LogP contribution in [0.2, 0.25) is 0 Å². The fourth-order valence-corrected chi connectivity index (χ4v) is 2.77. The molecule has 0 radical (unpaired) electrons. The normalized spacial score (nSPS) is 12.0. The highest BCUT2D eigenvalue weighted by Crippen LogP contribution is 2.29. The Labute approximate surface area is 158 Å². The minimum atomic E-state index is -0.714. The Morgan fingerprint density at radius 1 is 1.44 bits per heavy atom. The van der Waals surface area contributed by atoms with Gasteiger partial charge in [0.05, 0.1) is 25.2 Å². The Morgan fingerprint density at radius 2 is 2.22 bits per heavy atom. The number of ether oxygens (including phenoxy) is 2. The summed E-state index contributed by atoms with van der Waals surface area (Å²) in [6.07, 6.45) is 1.43. The van der Waals surface area contributed by atoms with Crippen molar-refractivity contribution in [3.63, 3.8) is 0 Å². The second-order valence-corrected chi connectivity index (χ2v) is 6.45. The third kappa shape index (κ3) is 5.45. The molecule has 0 aliphatic rings. The number of para-hydroxylation sites is 1. The first-order valence-electron chi connectivity index (χ1n) is 7.94. The van der Waals surface area contributed by atoms with E-state index in [2.05, 4.69) is 20.7 Å². The molecule has 1 unspecified atom stereocenters. The van der Waals surface area contributed by atoms with Gasteiger partial charge in [0.25, 0.3) is 11.5 Å². The van der Waals surface area contributed by atoms with E-state index < -0.39 is 22.4 Å². The molecule has 0 aliphatic heterocycles. The molecule has 27 heavy (non-hydrogen) atoms. The minimum Gasteiger partial charge on any atom is -0.492 e. The number of nitrogens with zero attached hydrogens (tertiary/aromatic N) is 2. The molecular formula is C16H19N5O5S. The van der Waals surface area contributed by atoms with E-state index in [0.29, 0.717) is 23.7 Å². The first-order valence-corrected chi connectivity index (χ1v) is 8.82. The van der Waals surface area contributed by atoms with Gasteiger partial charge in [-0.15, -0.1) is 0 Å². The zero-order valence-electron chi connectivity index (χ0n) is 14.9. The molecule has 1 heterocycles. The average Bonchev–Trinajstić information content (AvgIpc) is 2.64. The fourth-order valence-electron chi connectivity index (χ4n) is 2.02. The molecule has 0 bridgehead atoms. The van der Waals surface area contributed by atoms with Crippen LogP contribution in [-0.2, 0) is 4.79 Å². The van der Waals surface area contributed by atoms with Crippen LogP contribution in [0.25, 0.3) is 0 Å². The predicted octanol–water partition coefficient (Wildman–Crippen LogP) is 0.496. The Hall–Kier alpha value is -3.08. The topological polar surface area (TPSA) is 139 Å². The van der Waals surface area contributed by atoms with Gasteiger partial charge < -0.3 is 9.47 Å². The third-order valence-electron chi connectivity index (χ3n) is 3.23. The quantitative estimate of drug-likeness (QED) is 0.337. The van der Waals surface area contributed by atoms with Gasteiger partial charge in [0.15, 0.2) is 16.5 Å². The highest BCUT2D eigenvalue weighted by molar-refractivity contribution is 8.00. The molecule has 1 aromatic carbocycles. The third-order valence-corrected chi connectivity index (χ3v) is 4.30. The van der Waals surface area contributed by atoms with Crippen LogP contribution in [0.4, 0.5) is 0 Å². The monoisotopic (exact) mass is 393 g/mol. The molecule has 1 aromatic heterocycles. The van der Waals surface area contributed by atoms with Crippen molar-refractivity contribution >= 4 is 23.9 Å². The number of nitrogens with one attached hydrogen (secondary N) is 3. The smallest absolute Gasteiger partial charge is 0.342 e. The van der Waals surface area contributed by atoms with Crippen molar-refractivity contribution in [3.8, 4) is 11.5 Å². The van der Waals surface area contributed by atoms with Crippen LogP contribution in [0.5, 0.6) is 11.5 Å². The lowest BCUT2D eigenvalue weighted by Gasteiger charge is -2.11. The molecule has 11 heteroatoms. The number of carbonyl (C=O) groups is 1. The van der Waals surface area contributed by atoms with Gasteiger partial charge in [0.2, 0.25) is 0 Å². The van der Waals surface area contributed by atoms with Crippen LogP contribution in [0.1, 0.15) is 19.4 Å². The summed E-state index contributed by atoms with van der Waals surface area (Å²) in [5, 5.41) is 8.94. The van der Waals surface area contributed by atoms with E-state index in [4.69, 9.17) is 9.47 Å². The number of hydrazone groups is 1. The maximum atomic E-state index is 12.1. The summed E-state index contributed by atoms with van der Waals surface area (Å²) in [5.74, 6) is 0.634. The van der Waals surface area contributed by atoms with Gasteiger partial charge >= 0.3 is 5.69 Å². The Bertz CT molecular complexity index is 939. The summed E-state index contributed by atoms with van der Waals surface area (Å²) < 4.78 is 10.8. The number of amides is 1. The van der Waals surface area contributed by atoms with Crippen LogP contribution >= 0.6 is 11.8 Å². The van der Waals surface area contributed by atoms with Crippen molar-refractivity contribution in [2.75, 3.05) is 13.7 Å². The van der Waals surface area contributed by atoms with E-state index >= 15 is 0 Å². The highest BCUT2D eigenvalue weighted by atomic mass is 32.2. The minimum absolute atomic E-state index is 0.0210. The van der Waals surface area contributed by atoms with Gasteiger partial charge in [-0.25, -0.2) is 15.3 Å². The molecule has 2 aromatic rings. The Balaban J connectivity index is 2.03. The van der Waals surface area contributed by atoms with Crippen LogP contribution < -0.4 is 26.1 Å². The zero-order valence-corrected chi connectivity index (χ0v) is 15.8. The molecule has 3 N–H and O–H groups in total. The molecule has 1 amide bonds. The van der Waals surface area contributed by atoms with Gasteiger partial charge in [0, 0.05) is 5.56 Å². The largest absolute Gasteiger partial charge is 0.492 e. The summed E-state index contributed by atoms with van der Waals surface area (Å²) in [5.41, 5.74) is 1.64. The molecule has 1 atom stereocenters. The van der Waals surface area contributed by atoms with Gasteiger partial charge in [0.1, 0.15) is 0 Å². The number of thioether (sulfide) groups is 1. The molecule has 0 aliphatic carbocycles. The van der Waals surface area contributed by atoms with Crippen molar-refractivity contribution in [3.05, 3.63) is 44.6 Å². The molecule has 10 nitrogen and oxygen atoms in total.